The lowest BCUT2D eigenvalue weighted by Gasteiger charge is -2.27. The van der Waals surface area contributed by atoms with Crippen molar-refractivity contribution in [1.29, 1.82) is 0 Å². The van der Waals surface area contributed by atoms with Crippen LogP contribution < -0.4 is 10.6 Å². The molecule has 104 valence electrons. The summed E-state index contributed by atoms with van der Waals surface area (Å²) in [4.78, 5) is 23.2. The van der Waals surface area contributed by atoms with Gasteiger partial charge in [-0.3, -0.25) is 9.59 Å². The van der Waals surface area contributed by atoms with Gasteiger partial charge in [0.2, 0.25) is 0 Å². The van der Waals surface area contributed by atoms with Crippen molar-refractivity contribution in [1.82, 2.24) is 5.32 Å². The number of anilines is 1. The summed E-state index contributed by atoms with van der Waals surface area (Å²) in [5.41, 5.74) is -0.485. The van der Waals surface area contributed by atoms with Crippen LogP contribution in [0.15, 0.2) is 30.3 Å². The first-order valence-corrected chi connectivity index (χ1v) is 6.19. The molecule has 0 heterocycles. The Morgan fingerprint density at radius 3 is 2.32 bits per heavy atom. The highest BCUT2D eigenvalue weighted by Crippen LogP contribution is 2.14. The maximum Gasteiger partial charge on any atom is 0.313 e. The first kappa shape index (κ1) is 15.2. The van der Waals surface area contributed by atoms with Crippen molar-refractivity contribution in [3.8, 4) is 0 Å². The number of hydrogen-bond donors (Lipinski definition) is 3. The summed E-state index contributed by atoms with van der Waals surface area (Å²) in [6, 6.07) is 8.72. The summed E-state index contributed by atoms with van der Waals surface area (Å²) in [5.74, 6) is -1.53. The average Bonchev–Trinajstić information content (AvgIpc) is 2.37. The molecule has 0 aromatic heterocycles. The van der Waals surface area contributed by atoms with E-state index in [-0.39, 0.29) is 12.5 Å². The topological polar surface area (TPSA) is 78.4 Å². The second kappa shape index (κ2) is 6.33. The summed E-state index contributed by atoms with van der Waals surface area (Å²) >= 11 is 0. The molecule has 1 unspecified atom stereocenters. The number of aliphatic hydroxyl groups is 1. The van der Waals surface area contributed by atoms with E-state index in [1.165, 1.54) is 0 Å². The molecular weight excluding hydrogens is 244 g/mol. The molecule has 19 heavy (non-hydrogen) atoms. The van der Waals surface area contributed by atoms with Crippen LogP contribution in [0.5, 0.6) is 0 Å². The smallest absolute Gasteiger partial charge is 0.313 e. The number of hydrogen-bond acceptors (Lipinski definition) is 3. The highest BCUT2D eigenvalue weighted by Gasteiger charge is 2.26. The van der Waals surface area contributed by atoms with Crippen LogP contribution in [0.1, 0.15) is 20.8 Å². The molecule has 0 saturated carbocycles. The Bertz CT molecular complexity index is 441. The minimum Gasteiger partial charge on any atom is -0.388 e. The summed E-state index contributed by atoms with van der Waals surface area (Å²) < 4.78 is 0. The zero-order valence-electron chi connectivity index (χ0n) is 11.4. The van der Waals surface area contributed by atoms with Crippen molar-refractivity contribution in [2.75, 3.05) is 11.9 Å². The van der Waals surface area contributed by atoms with Crippen LogP contribution in [0.4, 0.5) is 5.69 Å². The van der Waals surface area contributed by atoms with E-state index < -0.39 is 17.4 Å². The quantitative estimate of drug-likeness (QED) is 0.714. The van der Waals surface area contributed by atoms with Gasteiger partial charge in [0.1, 0.15) is 0 Å². The average molecular weight is 264 g/mol. The van der Waals surface area contributed by atoms with Crippen molar-refractivity contribution < 1.29 is 14.7 Å². The highest BCUT2D eigenvalue weighted by atomic mass is 16.3. The van der Waals surface area contributed by atoms with E-state index in [0.717, 1.165) is 0 Å². The van der Waals surface area contributed by atoms with E-state index in [2.05, 4.69) is 10.6 Å². The molecular formula is C14H20N2O3. The molecule has 5 heteroatoms. The Labute approximate surface area is 113 Å². The van der Waals surface area contributed by atoms with Crippen molar-refractivity contribution in [2.45, 2.75) is 26.4 Å². The Balaban J connectivity index is 2.48. The number of carbonyl (C=O) groups is 2. The van der Waals surface area contributed by atoms with E-state index in [4.69, 9.17) is 0 Å². The fourth-order valence-corrected chi connectivity index (χ4v) is 1.25. The lowest BCUT2D eigenvalue weighted by atomic mass is 9.92. The second-order valence-corrected chi connectivity index (χ2v) is 5.01. The predicted molar refractivity (Wildman–Crippen MR) is 73.5 cm³/mol. The molecule has 0 saturated heterocycles. The lowest BCUT2D eigenvalue weighted by Crippen LogP contribution is -2.47. The molecule has 0 spiro atoms. The molecule has 1 rings (SSSR count). The molecule has 0 aliphatic rings. The van der Waals surface area contributed by atoms with Gasteiger partial charge >= 0.3 is 11.8 Å². The van der Waals surface area contributed by atoms with Gasteiger partial charge in [0, 0.05) is 12.2 Å². The fraction of sp³-hybridized carbons (Fsp3) is 0.429. The SMILES string of the molecule is CC(C)C(C)(O)CNC(=O)C(=O)Nc1ccccc1. The molecule has 5 nitrogen and oxygen atoms in total. The Morgan fingerprint density at radius 1 is 1.21 bits per heavy atom. The number of carbonyl (C=O) groups excluding carboxylic acids is 2. The van der Waals surface area contributed by atoms with Crippen molar-refractivity contribution in [3.63, 3.8) is 0 Å². The summed E-state index contributed by atoms with van der Waals surface area (Å²) in [6.07, 6.45) is 0. The fourth-order valence-electron chi connectivity index (χ4n) is 1.25. The van der Waals surface area contributed by atoms with Crippen LogP contribution in [0.2, 0.25) is 0 Å². The standard InChI is InChI=1S/C14H20N2O3/c1-10(2)14(3,19)9-15-12(17)13(18)16-11-7-5-4-6-8-11/h4-8,10,19H,9H2,1-3H3,(H,15,17)(H,16,18). The van der Waals surface area contributed by atoms with Gasteiger partial charge in [0.15, 0.2) is 0 Å². The van der Waals surface area contributed by atoms with Crippen LogP contribution in [-0.4, -0.2) is 29.1 Å². The third kappa shape index (κ3) is 4.71. The normalized spacial score (nSPS) is 13.7. The van der Waals surface area contributed by atoms with Crippen LogP contribution in [0, 0.1) is 5.92 Å². The summed E-state index contributed by atoms with van der Waals surface area (Å²) in [6.45, 7) is 5.34. The largest absolute Gasteiger partial charge is 0.388 e. The van der Waals surface area contributed by atoms with E-state index >= 15 is 0 Å². The number of amides is 2. The molecule has 0 bridgehead atoms. The van der Waals surface area contributed by atoms with Crippen molar-refractivity contribution >= 4 is 17.5 Å². The van der Waals surface area contributed by atoms with Crippen LogP contribution in [0.3, 0.4) is 0 Å². The van der Waals surface area contributed by atoms with E-state index in [1.54, 1.807) is 31.2 Å². The molecule has 1 aromatic carbocycles. The predicted octanol–water partition coefficient (Wildman–Crippen LogP) is 1.15. The van der Waals surface area contributed by atoms with Crippen molar-refractivity contribution in [2.24, 2.45) is 5.92 Å². The lowest BCUT2D eigenvalue weighted by molar-refractivity contribution is -0.137. The van der Waals surface area contributed by atoms with Gasteiger partial charge < -0.3 is 15.7 Å². The Hall–Kier alpha value is -1.88. The van der Waals surface area contributed by atoms with E-state index in [0.29, 0.717) is 5.69 Å². The zero-order chi connectivity index (χ0) is 14.5. The molecule has 1 aromatic rings. The third-order valence-corrected chi connectivity index (χ3v) is 3.09. The summed E-state index contributed by atoms with van der Waals surface area (Å²) in [7, 11) is 0. The number of benzene rings is 1. The third-order valence-electron chi connectivity index (χ3n) is 3.09. The maximum atomic E-state index is 11.6. The van der Waals surface area contributed by atoms with Gasteiger partial charge in [-0.2, -0.15) is 0 Å². The summed E-state index contributed by atoms with van der Waals surface area (Å²) in [5, 5.41) is 14.9. The van der Waals surface area contributed by atoms with Gasteiger partial charge in [-0.25, -0.2) is 0 Å². The molecule has 3 N–H and O–H groups in total. The Morgan fingerprint density at radius 2 is 1.79 bits per heavy atom. The second-order valence-electron chi connectivity index (χ2n) is 5.01. The molecule has 2 amide bonds. The molecule has 0 aliphatic carbocycles. The maximum absolute atomic E-state index is 11.6. The zero-order valence-corrected chi connectivity index (χ0v) is 11.4. The van der Waals surface area contributed by atoms with E-state index in [1.807, 2.05) is 19.9 Å². The van der Waals surface area contributed by atoms with Crippen LogP contribution in [-0.2, 0) is 9.59 Å². The molecule has 0 fully saturated rings. The van der Waals surface area contributed by atoms with Gasteiger partial charge in [0.05, 0.1) is 5.60 Å². The highest BCUT2D eigenvalue weighted by molar-refractivity contribution is 6.39. The van der Waals surface area contributed by atoms with E-state index in [9.17, 15) is 14.7 Å². The Kier molecular flexibility index (Phi) is 5.06. The van der Waals surface area contributed by atoms with Crippen molar-refractivity contribution in [3.05, 3.63) is 30.3 Å². The number of nitrogens with one attached hydrogen (secondary N) is 2. The van der Waals surface area contributed by atoms with Gasteiger partial charge in [-0.1, -0.05) is 32.0 Å². The monoisotopic (exact) mass is 264 g/mol. The van der Waals surface area contributed by atoms with Gasteiger partial charge in [-0.05, 0) is 25.0 Å². The minimum absolute atomic E-state index is 0.0232. The number of para-hydroxylation sites is 1. The molecule has 1 atom stereocenters. The minimum atomic E-state index is -1.04. The van der Waals surface area contributed by atoms with Crippen LogP contribution >= 0.6 is 0 Å². The number of rotatable bonds is 4. The molecule has 0 radical (unpaired) electrons. The van der Waals surface area contributed by atoms with Gasteiger partial charge in [0.25, 0.3) is 0 Å². The first-order valence-electron chi connectivity index (χ1n) is 6.19. The first-order chi connectivity index (χ1) is 8.83. The van der Waals surface area contributed by atoms with Crippen LogP contribution in [0.25, 0.3) is 0 Å². The molecule has 0 aliphatic heterocycles. The van der Waals surface area contributed by atoms with Gasteiger partial charge in [-0.15, -0.1) is 0 Å².